The average molecular weight is 559 g/mol. The van der Waals surface area contributed by atoms with Crippen LogP contribution in [0.5, 0.6) is 11.5 Å². The lowest BCUT2D eigenvalue weighted by molar-refractivity contribution is 0.0899. The van der Waals surface area contributed by atoms with E-state index in [0.29, 0.717) is 22.7 Å². The number of nitrogens with one attached hydrogen (secondary N) is 2. The summed E-state index contributed by atoms with van der Waals surface area (Å²) in [6.45, 7) is 7.92. The second-order valence-corrected chi connectivity index (χ2v) is 16.0. The molecule has 0 radical (unpaired) electrons. The molecular formula is C27H29ClF2N4O3Si. The van der Waals surface area contributed by atoms with Crippen LogP contribution >= 0.6 is 11.6 Å². The lowest BCUT2D eigenvalue weighted by Crippen LogP contribution is -2.28. The Morgan fingerprint density at radius 3 is 2.50 bits per heavy atom. The molecule has 0 aliphatic heterocycles. The summed E-state index contributed by atoms with van der Waals surface area (Å²) in [4.78, 5) is 16.5. The first-order valence-corrected chi connectivity index (χ1v) is 16.2. The Bertz CT molecular complexity index is 1400. The van der Waals surface area contributed by atoms with Gasteiger partial charge in [0.1, 0.15) is 18.1 Å². The molecule has 2 heterocycles. The van der Waals surface area contributed by atoms with E-state index in [-0.39, 0.29) is 24.7 Å². The molecular weight excluding hydrogens is 530 g/mol. The largest absolute Gasteiger partial charge is 0.450 e. The topological polar surface area (TPSA) is 77.4 Å². The van der Waals surface area contributed by atoms with Crippen LogP contribution in [-0.2, 0) is 18.0 Å². The molecule has 0 bridgehead atoms. The molecule has 0 saturated carbocycles. The Balaban J connectivity index is 1.46. The van der Waals surface area contributed by atoms with Crippen LogP contribution in [0.4, 0.5) is 19.3 Å². The van der Waals surface area contributed by atoms with Gasteiger partial charge < -0.3 is 24.7 Å². The lowest BCUT2D eigenvalue weighted by Gasteiger charge is -2.15. The number of amides is 2. The highest BCUT2D eigenvalue weighted by atomic mass is 35.5. The monoisotopic (exact) mass is 558 g/mol. The van der Waals surface area contributed by atoms with Gasteiger partial charge in [-0.3, -0.25) is 0 Å². The van der Waals surface area contributed by atoms with Gasteiger partial charge in [-0.2, -0.15) is 0 Å². The van der Waals surface area contributed by atoms with Crippen molar-refractivity contribution in [3.63, 3.8) is 0 Å². The summed E-state index contributed by atoms with van der Waals surface area (Å²) in [6, 6.07) is 13.1. The summed E-state index contributed by atoms with van der Waals surface area (Å²) in [7, 11) is -1.23. The summed E-state index contributed by atoms with van der Waals surface area (Å²) in [5.41, 5.74) is 1.30. The van der Waals surface area contributed by atoms with E-state index in [1.54, 1.807) is 10.8 Å². The van der Waals surface area contributed by atoms with Crippen molar-refractivity contribution in [1.29, 1.82) is 0 Å². The van der Waals surface area contributed by atoms with Gasteiger partial charge in [-0.05, 0) is 17.7 Å². The Morgan fingerprint density at radius 2 is 1.82 bits per heavy atom. The van der Waals surface area contributed by atoms with Crippen LogP contribution in [0, 0.1) is 11.6 Å². The number of halogens is 3. The first-order valence-electron chi connectivity index (χ1n) is 12.1. The van der Waals surface area contributed by atoms with Crippen LogP contribution in [0.25, 0.3) is 11.0 Å². The van der Waals surface area contributed by atoms with Crippen molar-refractivity contribution in [2.24, 2.45) is 0 Å². The van der Waals surface area contributed by atoms with Crippen LogP contribution in [-0.4, -0.2) is 30.3 Å². The van der Waals surface area contributed by atoms with Crippen LogP contribution in [0.3, 0.4) is 0 Å². The molecule has 0 atom stereocenters. The number of carbonyl (C=O) groups excluding carboxylic acids is 1. The molecule has 4 aromatic rings. The minimum Gasteiger partial charge on any atom is -0.450 e. The van der Waals surface area contributed by atoms with Crippen molar-refractivity contribution in [1.82, 2.24) is 14.9 Å². The highest BCUT2D eigenvalue weighted by Gasteiger charge is 2.20. The van der Waals surface area contributed by atoms with E-state index in [1.165, 1.54) is 12.3 Å². The molecule has 0 aliphatic carbocycles. The maximum atomic E-state index is 14.9. The third kappa shape index (κ3) is 7.09. The van der Waals surface area contributed by atoms with Gasteiger partial charge in [0.05, 0.1) is 10.4 Å². The Hall–Kier alpha value is -3.47. The smallest absolute Gasteiger partial charge is 0.319 e. The van der Waals surface area contributed by atoms with Crippen molar-refractivity contribution in [2.45, 2.75) is 39.0 Å². The fraction of sp³-hybridized carbons (Fsp3) is 0.259. The maximum Gasteiger partial charge on any atom is 0.319 e. The zero-order chi connectivity index (χ0) is 27.3. The highest BCUT2D eigenvalue weighted by Crippen LogP contribution is 2.37. The molecule has 7 nitrogen and oxygen atoms in total. The van der Waals surface area contributed by atoms with E-state index in [9.17, 15) is 13.6 Å². The summed E-state index contributed by atoms with van der Waals surface area (Å²) >= 11 is 6.44. The van der Waals surface area contributed by atoms with E-state index in [4.69, 9.17) is 21.1 Å². The molecule has 2 amide bonds. The molecule has 0 unspecified atom stereocenters. The molecule has 2 N–H and O–H groups in total. The first-order chi connectivity index (χ1) is 18.1. The lowest BCUT2D eigenvalue weighted by atomic mass is 10.2. The van der Waals surface area contributed by atoms with E-state index < -0.39 is 31.5 Å². The molecule has 38 heavy (non-hydrogen) atoms. The number of rotatable bonds is 10. The summed E-state index contributed by atoms with van der Waals surface area (Å²) in [5.74, 6) is -2.46. The molecule has 11 heteroatoms. The van der Waals surface area contributed by atoms with Gasteiger partial charge >= 0.3 is 6.03 Å². The summed E-state index contributed by atoms with van der Waals surface area (Å²) in [6.07, 6.45) is 3.11. The van der Waals surface area contributed by atoms with Crippen molar-refractivity contribution >= 4 is 42.4 Å². The predicted octanol–water partition coefficient (Wildman–Crippen LogP) is 7.39. The first kappa shape index (κ1) is 27.6. The average Bonchev–Trinajstić information content (AvgIpc) is 3.19. The van der Waals surface area contributed by atoms with E-state index >= 15 is 0 Å². The predicted molar refractivity (Wildman–Crippen MR) is 148 cm³/mol. The molecule has 200 valence electrons. The Kier molecular flexibility index (Phi) is 8.65. The van der Waals surface area contributed by atoms with Gasteiger partial charge in [-0.25, -0.2) is 18.6 Å². The van der Waals surface area contributed by atoms with Crippen molar-refractivity contribution < 1.29 is 23.0 Å². The van der Waals surface area contributed by atoms with Gasteiger partial charge in [-0.1, -0.05) is 61.6 Å². The number of carbonyl (C=O) groups is 1. The minimum atomic E-state index is -1.23. The number of urea groups is 1. The zero-order valence-electron chi connectivity index (χ0n) is 21.4. The molecule has 2 aromatic heterocycles. The SMILES string of the molecule is C[Si](C)(C)CCOCn1cc(Cl)c2c(Oc3c(F)cc(NC(=O)NCc4ccccc4)cc3F)ccnc21. The van der Waals surface area contributed by atoms with Gasteiger partial charge in [0.15, 0.2) is 17.4 Å². The molecule has 0 saturated heterocycles. The molecule has 0 aliphatic rings. The van der Waals surface area contributed by atoms with E-state index in [1.807, 2.05) is 30.3 Å². The second-order valence-electron chi connectivity index (χ2n) is 9.97. The van der Waals surface area contributed by atoms with Crippen molar-refractivity contribution in [2.75, 3.05) is 11.9 Å². The minimum absolute atomic E-state index is 0.0579. The number of pyridine rings is 1. The Morgan fingerprint density at radius 1 is 1.11 bits per heavy atom. The number of ether oxygens (including phenoxy) is 2. The third-order valence-corrected chi connectivity index (χ3v) is 7.65. The van der Waals surface area contributed by atoms with Gasteiger partial charge in [0, 0.05) is 51.4 Å². The van der Waals surface area contributed by atoms with Gasteiger partial charge in [0.2, 0.25) is 0 Å². The molecule has 0 spiro atoms. The molecule has 2 aromatic carbocycles. The van der Waals surface area contributed by atoms with E-state index in [0.717, 1.165) is 23.7 Å². The summed E-state index contributed by atoms with van der Waals surface area (Å²) in [5, 5.41) is 5.78. The number of hydrogen-bond donors (Lipinski definition) is 2. The van der Waals surface area contributed by atoms with Gasteiger partial charge in [-0.15, -0.1) is 0 Å². The Labute approximate surface area is 225 Å². The van der Waals surface area contributed by atoms with Crippen LogP contribution < -0.4 is 15.4 Å². The second kappa shape index (κ2) is 11.9. The normalized spacial score (nSPS) is 11.5. The van der Waals surface area contributed by atoms with Crippen LogP contribution in [0.15, 0.2) is 60.9 Å². The van der Waals surface area contributed by atoms with E-state index in [2.05, 4.69) is 35.3 Å². The van der Waals surface area contributed by atoms with Crippen LogP contribution in [0.1, 0.15) is 5.56 Å². The fourth-order valence-corrected chi connectivity index (χ4v) is 4.71. The molecule has 0 fully saturated rings. The number of benzene rings is 2. The van der Waals surface area contributed by atoms with Gasteiger partial charge in [0.25, 0.3) is 0 Å². The highest BCUT2D eigenvalue weighted by molar-refractivity contribution is 6.76. The van der Waals surface area contributed by atoms with Crippen LogP contribution in [0.2, 0.25) is 30.7 Å². The van der Waals surface area contributed by atoms with Crippen molar-refractivity contribution in [3.05, 3.63) is 83.1 Å². The number of fused-ring (bicyclic) bond motifs is 1. The number of hydrogen-bond acceptors (Lipinski definition) is 4. The molecule has 4 rings (SSSR count). The number of anilines is 1. The fourth-order valence-electron chi connectivity index (χ4n) is 3.66. The number of aromatic nitrogens is 2. The summed E-state index contributed by atoms with van der Waals surface area (Å²) < 4.78 is 43.0. The maximum absolute atomic E-state index is 14.9. The quantitative estimate of drug-likeness (QED) is 0.157. The number of nitrogens with zero attached hydrogens (tertiary/aromatic N) is 2. The standard InChI is InChI=1S/C27H29ClF2N4O3Si/c1-38(2,3)12-11-36-17-34-16-20(28)24-23(9-10-31-26(24)34)37-25-21(29)13-19(14-22(25)30)33-27(35)32-15-18-7-5-4-6-8-18/h4-10,13-14,16H,11-12,15,17H2,1-3H3,(H2,32,33,35). The zero-order valence-corrected chi connectivity index (χ0v) is 23.1. The third-order valence-electron chi connectivity index (χ3n) is 5.66. The van der Waals surface area contributed by atoms with Crippen molar-refractivity contribution in [3.8, 4) is 11.5 Å².